The first-order valence-corrected chi connectivity index (χ1v) is 5.05. The Balaban J connectivity index is 2.44. The summed E-state index contributed by atoms with van der Waals surface area (Å²) < 4.78 is 13.0. The van der Waals surface area contributed by atoms with Crippen molar-refractivity contribution in [2.45, 2.75) is 13.3 Å². The molecule has 3 nitrogen and oxygen atoms in total. The van der Waals surface area contributed by atoms with Gasteiger partial charge in [-0.05, 0) is 24.1 Å². The Labute approximate surface area is 94.1 Å². The third kappa shape index (κ3) is 4.13. The van der Waals surface area contributed by atoms with E-state index in [-0.39, 0.29) is 11.6 Å². The van der Waals surface area contributed by atoms with Crippen LogP contribution >= 0.6 is 0 Å². The molecular formula is C12H15FN2O. The van der Waals surface area contributed by atoms with Gasteiger partial charge in [0.1, 0.15) is 5.82 Å². The molecule has 4 heteroatoms. The minimum absolute atomic E-state index is 0.0491. The van der Waals surface area contributed by atoms with Crippen molar-refractivity contribution >= 4 is 17.7 Å². The fourth-order valence-corrected chi connectivity index (χ4v) is 1.20. The van der Waals surface area contributed by atoms with Crippen LogP contribution in [0.3, 0.4) is 0 Å². The number of carbonyl (C=O) groups excluding carboxylic acids is 1. The molecule has 0 aliphatic rings. The summed E-state index contributed by atoms with van der Waals surface area (Å²) >= 11 is 0. The maximum Gasteiger partial charge on any atom is 0.216 e. The van der Waals surface area contributed by atoms with Crippen LogP contribution in [0.25, 0.3) is 6.08 Å². The van der Waals surface area contributed by atoms with Gasteiger partial charge in [0.15, 0.2) is 0 Å². The number of amides is 1. The summed E-state index contributed by atoms with van der Waals surface area (Å²) in [6.07, 6.45) is 4.39. The lowest BCUT2D eigenvalue weighted by Crippen LogP contribution is -2.20. The van der Waals surface area contributed by atoms with Crippen molar-refractivity contribution in [1.29, 1.82) is 0 Å². The van der Waals surface area contributed by atoms with E-state index in [1.807, 2.05) is 6.08 Å². The van der Waals surface area contributed by atoms with E-state index >= 15 is 0 Å². The van der Waals surface area contributed by atoms with Crippen LogP contribution in [0.1, 0.15) is 18.9 Å². The molecular weight excluding hydrogens is 207 g/mol. The number of nitrogens with one attached hydrogen (secondary N) is 1. The van der Waals surface area contributed by atoms with Gasteiger partial charge >= 0.3 is 0 Å². The number of nitrogens with two attached hydrogens (primary N) is 1. The molecule has 0 radical (unpaired) electrons. The van der Waals surface area contributed by atoms with Crippen molar-refractivity contribution in [2.75, 3.05) is 12.3 Å². The Morgan fingerprint density at radius 1 is 1.56 bits per heavy atom. The highest BCUT2D eigenvalue weighted by Crippen LogP contribution is 2.13. The highest BCUT2D eigenvalue weighted by molar-refractivity contribution is 5.72. The number of anilines is 1. The van der Waals surface area contributed by atoms with Crippen molar-refractivity contribution in [2.24, 2.45) is 0 Å². The number of nitrogen functional groups attached to an aromatic ring is 1. The molecule has 3 N–H and O–H groups in total. The van der Waals surface area contributed by atoms with E-state index < -0.39 is 5.82 Å². The largest absolute Gasteiger partial charge is 0.396 e. The quantitative estimate of drug-likeness (QED) is 0.604. The molecule has 16 heavy (non-hydrogen) atoms. The molecule has 0 aliphatic heterocycles. The zero-order valence-corrected chi connectivity index (χ0v) is 9.16. The second-order valence-corrected chi connectivity index (χ2v) is 3.45. The minimum atomic E-state index is -0.413. The highest BCUT2D eigenvalue weighted by atomic mass is 19.1. The van der Waals surface area contributed by atoms with Crippen molar-refractivity contribution in [3.63, 3.8) is 0 Å². The summed E-state index contributed by atoms with van der Waals surface area (Å²) in [5.41, 5.74) is 6.26. The van der Waals surface area contributed by atoms with E-state index in [2.05, 4.69) is 5.32 Å². The summed E-state index contributed by atoms with van der Waals surface area (Å²) in [5, 5.41) is 2.67. The lowest BCUT2D eigenvalue weighted by molar-refractivity contribution is -0.118. The molecule has 0 spiro atoms. The van der Waals surface area contributed by atoms with Gasteiger partial charge in [0, 0.05) is 13.5 Å². The topological polar surface area (TPSA) is 55.1 Å². The Morgan fingerprint density at radius 3 is 2.94 bits per heavy atom. The van der Waals surface area contributed by atoms with Crippen molar-refractivity contribution < 1.29 is 9.18 Å². The maximum atomic E-state index is 13.0. The van der Waals surface area contributed by atoms with Gasteiger partial charge in [-0.1, -0.05) is 18.2 Å². The zero-order chi connectivity index (χ0) is 12.0. The molecule has 0 fully saturated rings. The number of carbonyl (C=O) groups is 1. The monoisotopic (exact) mass is 222 g/mol. The van der Waals surface area contributed by atoms with Gasteiger partial charge in [-0.2, -0.15) is 0 Å². The van der Waals surface area contributed by atoms with Crippen LogP contribution in [0.15, 0.2) is 24.3 Å². The first kappa shape index (κ1) is 12.2. The Morgan fingerprint density at radius 2 is 2.31 bits per heavy atom. The molecule has 0 aromatic heterocycles. The molecule has 1 amide bonds. The second kappa shape index (κ2) is 5.90. The summed E-state index contributed by atoms with van der Waals surface area (Å²) in [7, 11) is 0. The maximum absolute atomic E-state index is 13.0. The summed E-state index contributed by atoms with van der Waals surface area (Å²) in [6, 6.07) is 4.65. The van der Waals surface area contributed by atoms with Gasteiger partial charge in [0.05, 0.1) is 5.69 Å². The van der Waals surface area contributed by atoms with E-state index in [9.17, 15) is 9.18 Å². The average molecular weight is 222 g/mol. The summed E-state index contributed by atoms with van der Waals surface area (Å²) in [6.45, 7) is 2.06. The highest BCUT2D eigenvalue weighted by Gasteiger charge is 1.96. The van der Waals surface area contributed by atoms with Gasteiger partial charge in [-0.15, -0.1) is 0 Å². The van der Waals surface area contributed by atoms with E-state index in [1.54, 1.807) is 12.1 Å². The minimum Gasteiger partial charge on any atom is -0.396 e. The van der Waals surface area contributed by atoms with Crippen molar-refractivity contribution in [3.05, 3.63) is 35.7 Å². The predicted octanol–water partition coefficient (Wildman–Crippen LogP) is 1.95. The Bertz CT molecular complexity index is 402. The van der Waals surface area contributed by atoms with Gasteiger partial charge in [-0.25, -0.2) is 4.39 Å². The van der Waals surface area contributed by atoms with Gasteiger partial charge in [-0.3, -0.25) is 4.79 Å². The SMILES string of the molecule is CC(=O)NCCC=Cc1ccc(N)c(F)c1. The Kier molecular flexibility index (Phi) is 4.51. The van der Waals surface area contributed by atoms with Crippen LogP contribution in [0.5, 0.6) is 0 Å². The molecule has 1 aromatic carbocycles. The molecule has 0 bridgehead atoms. The third-order valence-corrected chi connectivity index (χ3v) is 2.02. The van der Waals surface area contributed by atoms with E-state index in [0.717, 1.165) is 5.56 Å². The van der Waals surface area contributed by atoms with Crippen LogP contribution in [0, 0.1) is 5.82 Å². The summed E-state index contributed by atoms with van der Waals surface area (Å²) in [5.74, 6) is -0.462. The molecule has 0 saturated heterocycles. The van der Waals surface area contributed by atoms with Crippen molar-refractivity contribution in [3.8, 4) is 0 Å². The van der Waals surface area contributed by atoms with E-state index in [4.69, 9.17) is 5.73 Å². The van der Waals surface area contributed by atoms with Crippen LogP contribution in [-0.2, 0) is 4.79 Å². The van der Waals surface area contributed by atoms with Crippen LogP contribution < -0.4 is 11.1 Å². The van der Waals surface area contributed by atoms with Gasteiger partial charge < -0.3 is 11.1 Å². The zero-order valence-electron chi connectivity index (χ0n) is 9.16. The number of halogens is 1. The molecule has 86 valence electrons. The smallest absolute Gasteiger partial charge is 0.216 e. The predicted molar refractivity (Wildman–Crippen MR) is 63.1 cm³/mol. The van der Waals surface area contributed by atoms with Crippen LogP contribution in [0.2, 0.25) is 0 Å². The van der Waals surface area contributed by atoms with Crippen LogP contribution in [-0.4, -0.2) is 12.5 Å². The van der Waals surface area contributed by atoms with Gasteiger partial charge in [0.2, 0.25) is 5.91 Å². The standard InChI is InChI=1S/C12H15FN2O/c1-9(16)15-7-3-2-4-10-5-6-12(14)11(13)8-10/h2,4-6,8H,3,7,14H2,1H3,(H,15,16). The fourth-order valence-electron chi connectivity index (χ4n) is 1.20. The number of benzene rings is 1. The third-order valence-electron chi connectivity index (χ3n) is 2.02. The number of hydrogen-bond donors (Lipinski definition) is 2. The molecule has 0 aliphatic carbocycles. The van der Waals surface area contributed by atoms with Crippen LogP contribution in [0.4, 0.5) is 10.1 Å². The van der Waals surface area contributed by atoms with Gasteiger partial charge in [0.25, 0.3) is 0 Å². The molecule has 1 rings (SSSR count). The lowest BCUT2D eigenvalue weighted by Gasteiger charge is -1.99. The fraction of sp³-hybridized carbons (Fsp3) is 0.250. The van der Waals surface area contributed by atoms with E-state index in [1.165, 1.54) is 19.1 Å². The average Bonchev–Trinajstić information content (AvgIpc) is 2.22. The molecule has 0 unspecified atom stereocenters. The first-order chi connectivity index (χ1) is 7.59. The van der Waals surface area contributed by atoms with Crippen molar-refractivity contribution in [1.82, 2.24) is 5.32 Å². The first-order valence-electron chi connectivity index (χ1n) is 5.05. The molecule has 0 saturated carbocycles. The van der Waals surface area contributed by atoms with E-state index in [0.29, 0.717) is 13.0 Å². The second-order valence-electron chi connectivity index (χ2n) is 3.45. The normalized spacial score (nSPS) is 10.6. The molecule has 0 atom stereocenters. The number of rotatable bonds is 4. The summed E-state index contributed by atoms with van der Waals surface area (Å²) in [4.78, 5) is 10.6. The lowest BCUT2D eigenvalue weighted by atomic mass is 10.2. The Hall–Kier alpha value is -1.84. The number of hydrogen-bond acceptors (Lipinski definition) is 2. The molecule has 1 aromatic rings. The molecule has 0 heterocycles.